The first-order valence-corrected chi connectivity index (χ1v) is 20.6. The second-order valence-electron chi connectivity index (χ2n) is 14.6. The summed E-state index contributed by atoms with van der Waals surface area (Å²) in [5.41, 5.74) is 7.28. The van der Waals surface area contributed by atoms with Crippen molar-refractivity contribution < 1.29 is 37.3 Å². The van der Waals surface area contributed by atoms with Gasteiger partial charge >= 0.3 is 0 Å². The monoisotopic (exact) mass is 791 g/mol. The molecule has 12 heteroatoms. The molecular weight excluding hydrogens is 743 g/mol. The third-order valence-corrected chi connectivity index (χ3v) is 12.0. The molecule has 7 rings (SSSR count). The van der Waals surface area contributed by atoms with Crippen LogP contribution in [0.15, 0.2) is 120 Å². The Morgan fingerprint density at radius 1 is 0.842 bits per heavy atom. The van der Waals surface area contributed by atoms with Crippen molar-refractivity contribution in [1.82, 2.24) is 9.62 Å². The number of ether oxygens (including phenoxy) is 4. The summed E-state index contributed by atoms with van der Waals surface area (Å²) in [6.45, 7) is 4.14. The molecule has 3 N–H and O–H groups in total. The second kappa shape index (κ2) is 18.0. The van der Waals surface area contributed by atoms with Crippen LogP contribution in [0.2, 0.25) is 0 Å². The highest BCUT2D eigenvalue weighted by Crippen LogP contribution is 2.39. The van der Waals surface area contributed by atoms with E-state index in [4.69, 9.17) is 18.9 Å². The number of amides is 1. The summed E-state index contributed by atoms with van der Waals surface area (Å²) in [6, 6.07) is 33.9. The summed E-state index contributed by atoms with van der Waals surface area (Å²) in [6.07, 6.45) is 0.562. The zero-order valence-corrected chi connectivity index (χ0v) is 33.2. The molecule has 1 amide bonds. The number of sulfonamides is 1. The van der Waals surface area contributed by atoms with Crippen LogP contribution in [0.4, 0.5) is 5.69 Å². The number of carbonyl (C=O) groups excluding carboxylic acids is 1. The summed E-state index contributed by atoms with van der Waals surface area (Å²) in [7, 11) is -0.695. The Morgan fingerprint density at radius 3 is 2.18 bits per heavy atom. The van der Waals surface area contributed by atoms with Crippen LogP contribution < -0.4 is 19.5 Å². The molecule has 2 aliphatic heterocycles. The van der Waals surface area contributed by atoms with Gasteiger partial charge in [-0.25, -0.2) is 8.42 Å². The first-order valence-electron chi connectivity index (χ1n) is 19.1. The molecule has 0 saturated carbocycles. The highest BCUT2D eigenvalue weighted by Gasteiger charge is 2.34. The van der Waals surface area contributed by atoms with Crippen LogP contribution in [0.25, 0.3) is 0 Å². The number of hydrogen-bond acceptors (Lipinski definition) is 9. The van der Waals surface area contributed by atoms with Crippen LogP contribution in [0.3, 0.4) is 0 Å². The standard InChI is InChI=1S/C45H49N3O8S/c1-30-9-19-39(20-10-30)57(51,52)47-40(23-31-7-5-4-6-8-31)44(50)46-37-17-15-34(16-18-37)45-55-38(26-41(56-45)33-13-11-32(29-49)12-14-33)28-48-22-21-35-24-42(53-2)43(54-3)25-36(35)27-48/h4-20,24-25,38,40-41,45,47,49H,21-23,26-29H2,1-3H3,(H,46,50)/t38-,40+,41+,45+/m0/s1. The zero-order chi connectivity index (χ0) is 39.9. The van der Waals surface area contributed by atoms with Crippen molar-refractivity contribution in [3.05, 3.63) is 154 Å². The minimum absolute atomic E-state index is 0.0399. The Bertz CT molecular complexity index is 2230. The third kappa shape index (κ3) is 9.90. The number of nitrogens with zero attached hydrogens (tertiary/aromatic N) is 1. The Morgan fingerprint density at radius 2 is 1.51 bits per heavy atom. The minimum atomic E-state index is -3.99. The first-order chi connectivity index (χ1) is 27.6. The van der Waals surface area contributed by atoms with E-state index in [0.717, 1.165) is 53.1 Å². The van der Waals surface area contributed by atoms with E-state index >= 15 is 0 Å². The van der Waals surface area contributed by atoms with Gasteiger partial charge in [-0.1, -0.05) is 84.4 Å². The summed E-state index contributed by atoms with van der Waals surface area (Å²) < 4.78 is 53.8. The quantitative estimate of drug-likeness (QED) is 0.113. The van der Waals surface area contributed by atoms with Crippen LogP contribution in [-0.2, 0) is 50.3 Å². The lowest BCUT2D eigenvalue weighted by Crippen LogP contribution is -2.45. The molecule has 2 aliphatic rings. The van der Waals surface area contributed by atoms with Crippen molar-refractivity contribution in [2.45, 2.75) is 68.8 Å². The van der Waals surface area contributed by atoms with Crippen LogP contribution >= 0.6 is 0 Å². The normalized spacial score (nSPS) is 19.0. The molecular formula is C45H49N3O8S. The second-order valence-corrected chi connectivity index (χ2v) is 16.3. The van der Waals surface area contributed by atoms with E-state index in [9.17, 15) is 18.3 Å². The van der Waals surface area contributed by atoms with E-state index in [-0.39, 0.29) is 30.1 Å². The molecule has 0 bridgehead atoms. The van der Waals surface area contributed by atoms with E-state index in [1.807, 2.05) is 73.7 Å². The predicted molar refractivity (Wildman–Crippen MR) is 217 cm³/mol. The molecule has 11 nitrogen and oxygen atoms in total. The maximum atomic E-state index is 13.8. The van der Waals surface area contributed by atoms with Gasteiger partial charge in [0.2, 0.25) is 15.9 Å². The molecule has 0 aliphatic carbocycles. The molecule has 2 heterocycles. The van der Waals surface area contributed by atoms with Crippen molar-refractivity contribution in [2.75, 3.05) is 32.6 Å². The van der Waals surface area contributed by atoms with Crippen LogP contribution in [0.1, 0.15) is 57.8 Å². The lowest BCUT2D eigenvalue weighted by Gasteiger charge is -2.39. The van der Waals surface area contributed by atoms with E-state index in [1.165, 1.54) is 23.3 Å². The molecule has 0 spiro atoms. The van der Waals surface area contributed by atoms with Crippen LogP contribution in [0, 0.1) is 6.92 Å². The topological polar surface area (TPSA) is 136 Å². The highest BCUT2D eigenvalue weighted by molar-refractivity contribution is 7.89. The van der Waals surface area contributed by atoms with Crippen LogP contribution in [-0.4, -0.2) is 63.8 Å². The lowest BCUT2D eigenvalue weighted by molar-refractivity contribution is -0.253. The first kappa shape index (κ1) is 40.1. The van der Waals surface area contributed by atoms with Gasteiger partial charge in [-0.05, 0) is 84.0 Å². The SMILES string of the molecule is COc1cc2c(cc1OC)CN(C[C@@H]1C[C@H](c3ccc(CO)cc3)O[C@H](c3ccc(NC(=O)[C@@H](Cc4ccccc4)NS(=O)(=O)c4ccc(C)cc4)cc3)O1)CC2. The Labute approximate surface area is 334 Å². The third-order valence-electron chi connectivity index (χ3n) is 10.6. The Balaban J connectivity index is 1.07. The molecule has 4 atom stereocenters. The number of carbonyl (C=O) groups is 1. The van der Waals surface area contributed by atoms with Crippen LogP contribution in [0.5, 0.6) is 11.5 Å². The van der Waals surface area contributed by atoms with Gasteiger partial charge in [0.1, 0.15) is 6.04 Å². The molecule has 1 fully saturated rings. The number of nitrogens with one attached hydrogen (secondary N) is 2. The number of methoxy groups -OCH3 is 2. The number of anilines is 1. The molecule has 5 aromatic carbocycles. The molecule has 0 radical (unpaired) electrons. The molecule has 1 saturated heterocycles. The van der Waals surface area contributed by atoms with Crippen molar-refractivity contribution in [1.29, 1.82) is 0 Å². The maximum Gasteiger partial charge on any atom is 0.242 e. The lowest BCUT2D eigenvalue weighted by atomic mass is 9.97. The Kier molecular flexibility index (Phi) is 12.7. The van der Waals surface area contributed by atoms with E-state index in [0.29, 0.717) is 24.4 Å². The highest BCUT2D eigenvalue weighted by atomic mass is 32.2. The summed E-state index contributed by atoms with van der Waals surface area (Å²) in [4.78, 5) is 16.2. The van der Waals surface area contributed by atoms with Gasteiger partial charge in [-0.2, -0.15) is 4.72 Å². The fourth-order valence-corrected chi connectivity index (χ4v) is 8.58. The fraction of sp³-hybridized carbons (Fsp3) is 0.311. The van der Waals surface area contributed by atoms with E-state index in [2.05, 4.69) is 27.1 Å². The van der Waals surface area contributed by atoms with E-state index < -0.39 is 28.3 Å². The smallest absolute Gasteiger partial charge is 0.242 e. The van der Waals surface area contributed by atoms with Gasteiger partial charge in [0, 0.05) is 37.3 Å². The molecule has 57 heavy (non-hydrogen) atoms. The van der Waals surface area contributed by atoms with Crippen molar-refractivity contribution >= 4 is 21.6 Å². The number of aliphatic hydroxyl groups is 1. The van der Waals surface area contributed by atoms with Gasteiger partial charge in [0.25, 0.3) is 0 Å². The van der Waals surface area contributed by atoms with Gasteiger partial charge in [0.15, 0.2) is 17.8 Å². The van der Waals surface area contributed by atoms with Gasteiger partial charge in [-0.15, -0.1) is 0 Å². The number of fused-ring (bicyclic) bond motifs is 1. The maximum absolute atomic E-state index is 13.8. The predicted octanol–water partition coefficient (Wildman–Crippen LogP) is 6.64. The van der Waals surface area contributed by atoms with Crippen molar-refractivity contribution in [3.8, 4) is 11.5 Å². The zero-order valence-electron chi connectivity index (χ0n) is 32.4. The molecule has 5 aromatic rings. The minimum Gasteiger partial charge on any atom is -0.493 e. The number of benzene rings is 5. The number of aryl methyl sites for hydroxylation is 1. The molecule has 0 aromatic heterocycles. The van der Waals surface area contributed by atoms with Gasteiger partial charge < -0.3 is 29.4 Å². The summed E-state index contributed by atoms with van der Waals surface area (Å²) in [5.74, 6) is 0.954. The van der Waals surface area contributed by atoms with Gasteiger partial charge in [-0.3, -0.25) is 9.69 Å². The average molecular weight is 792 g/mol. The Hall–Kier alpha value is -5.08. The van der Waals surface area contributed by atoms with Crippen molar-refractivity contribution in [3.63, 3.8) is 0 Å². The number of hydrogen-bond donors (Lipinski definition) is 3. The average Bonchev–Trinajstić information content (AvgIpc) is 3.23. The van der Waals surface area contributed by atoms with E-state index in [1.54, 1.807) is 38.5 Å². The van der Waals surface area contributed by atoms with Crippen molar-refractivity contribution in [2.24, 2.45) is 0 Å². The fourth-order valence-electron chi connectivity index (χ4n) is 7.38. The van der Waals surface area contributed by atoms with Gasteiger partial charge in [0.05, 0.1) is 37.9 Å². The summed E-state index contributed by atoms with van der Waals surface area (Å²) >= 11 is 0. The number of rotatable bonds is 14. The largest absolute Gasteiger partial charge is 0.493 e. The molecule has 298 valence electrons. The molecule has 0 unspecified atom stereocenters. The summed E-state index contributed by atoms with van der Waals surface area (Å²) in [5, 5.41) is 12.6. The number of aliphatic hydroxyl groups excluding tert-OH is 1.